The second kappa shape index (κ2) is 20.8. The molecule has 0 saturated heterocycles. The number of carbonyl (C=O) groups excluding carboxylic acids is 1. The molecule has 10 heteroatoms. The van der Waals surface area contributed by atoms with Crippen molar-refractivity contribution in [2.75, 3.05) is 9.80 Å². The summed E-state index contributed by atoms with van der Waals surface area (Å²) in [4.78, 5) is 21.6. The van der Waals surface area contributed by atoms with Crippen LogP contribution in [0.1, 0.15) is 128 Å². The number of benzene rings is 11. The van der Waals surface area contributed by atoms with Gasteiger partial charge >= 0.3 is 0 Å². The normalized spacial score (nSPS) is 13.4. The highest BCUT2D eigenvalue weighted by Crippen LogP contribution is 2.59. The highest BCUT2D eigenvalue weighted by molar-refractivity contribution is 7.83. The fourth-order valence-electron chi connectivity index (χ4n) is 12.2. The fraction of sp³-hybridized carbons (Fsp3) is 0.167. The molecule has 7 nitrogen and oxygen atoms in total. The van der Waals surface area contributed by atoms with Crippen LogP contribution in [0.3, 0.4) is 0 Å². The lowest BCUT2D eigenvalue weighted by molar-refractivity contribution is 0.100. The Bertz CT molecular complexity index is 3880. The molecule has 0 spiro atoms. The number of amides is 1. The fourth-order valence-corrected chi connectivity index (χ4v) is 13.3. The molecule has 0 radical (unpaired) electrons. The van der Waals surface area contributed by atoms with Crippen LogP contribution >= 0.6 is 36.7 Å². The molecule has 0 unspecified atom stereocenters. The van der Waals surface area contributed by atoms with Crippen LogP contribution in [0.15, 0.2) is 182 Å². The molecule has 2 aliphatic rings. The zero-order valence-corrected chi connectivity index (χ0v) is 49.2. The number of carbonyl (C=O) groups is 1. The average molecular weight is 1130 g/mol. The number of nitrogens with zero attached hydrogens (tertiary/aromatic N) is 2. The average Bonchev–Trinajstić information content (AvgIpc) is 1.49. The molecule has 0 saturated carbocycles. The van der Waals surface area contributed by atoms with Gasteiger partial charge in [0.05, 0.1) is 16.9 Å². The number of rotatable bonds is 14. The largest absolute Gasteiger partial charge is 0.457 e. The van der Waals surface area contributed by atoms with E-state index in [4.69, 9.17) is 55.6 Å². The summed E-state index contributed by atoms with van der Waals surface area (Å²) in [7, 11) is 0. The first-order chi connectivity index (χ1) is 39.7. The Hall–Kier alpha value is -8.54. The van der Waals surface area contributed by atoms with Crippen LogP contribution in [0.25, 0.3) is 43.1 Å². The van der Waals surface area contributed by atoms with E-state index in [1.165, 1.54) is 0 Å². The van der Waals surface area contributed by atoms with Gasteiger partial charge in [-0.3, -0.25) is 14.6 Å². The van der Waals surface area contributed by atoms with E-state index < -0.39 is 0 Å². The molecule has 0 bridgehead atoms. The van der Waals surface area contributed by atoms with E-state index in [-0.39, 0.29) is 29.6 Å². The Balaban J connectivity index is 1.26. The zero-order valence-electron chi connectivity index (χ0n) is 46.8. The summed E-state index contributed by atoms with van der Waals surface area (Å²) in [6.45, 7) is 17.4. The Kier molecular flexibility index (Phi) is 13.4. The maximum Gasteiger partial charge on any atom is 0.264 e. The van der Waals surface area contributed by atoms with Gasteiger partial charge in [0.15, 0.2) is 0 Å². The first-order valence-corrected chi connectivity index (χ1v) is 29.2. The van der Waals surface area contributed by atoms with Gasteiger partial charge in [-0.05, 0) is 119 Å². The van der Waals surface area contributed by atoms with Crippen LogP contribution in [0.2, 0.25) is 0 Å². The second-order valence-electron chi connectivity index (χ2n) is 22.4. The maximum atomic E-state index is 16.3. The van der Waals surface area contributed by atoms with Gasteiger partial charge in [-0.15, -0.1) is 0 Å². The molecule has 0 atom stereocenters. The molecule has 1 amide bonds. The van der Waals surface area contributed by atoms with Crippen molar-refractivity contribution in [3.05, 3.63) is 226 Å². The van der Waals surface area contributed by atoms with Gasteiger partial charge in [0.2, 0.25) is 0 Å². The molecule has 404 valence electrons. The smallest absolute Gasteiger partial charge is 0.264 e. The third kappa shape index (κ3) is 8.57. The molecule has 0 N–H and O–H groups in total. The van der Waals surface area contributed by atoms with Crippen molar-refractivity contribution in [1.82, 2.24) is 0 Å². The predicted molar refractivity (Wildman–Crippen MR) is 347 cm³/mol. The highest BCUT2D eigenvalue weighted by atomic mass is 32.1. The molecule has 2 heterocycles. The maximum absolute atomic E-state index is 16.3. The van der Waals surface area contributed by atoms with Crippen molar-refractivity contribution in [3.8, 4) is 46.0 Å². The number of fused-ring (bicyclic) bond motifs is 2. The molecule has 11 aromatic rings. The summed E-state index contributed by atoms with van der Waals surface area (Å²) in [6.07, 6.45) is 0. The molecule has 13 rings (SSSR count). The predicted octanol–water partition coefficient (Wildman–Crippen LogP) is 20.6. The van der Waals surface area contributed by atoms with Gasteiger partial charge in [0, 0.05) is 59.8 Å². The molecule has 0 aliphatic carbocycles. The van der Waals surface area contributed by atoms with Gasteiger partial charge in [0.25, 0.3) is 5.91 Å². The van der Waals surface area contributed by atoms with E-state index in [1.54, 1.807) is 4.90 Å². The molecule has 82 heavy (non-hydrogen) atoms. The lowest BCUT2D eigenvalue weighted by atomic mass is 9.80. The number of hydrogen-bond acceptors (Lipinski definition) is 8. The van der Waals surface area contributed by atoms with Gasteiger partial charge in [-0.25, -0.2) is 0 Å². The second-order valence-corrected chi connectivity index (χ2v) is 23.6. The topological polar surface area (TPSA) is 60.5 Å². The SMILES string of the molecule is CC(C)c1cccc(C(C)C)c1N1C(=O)c2cc(Oc3ccccc3)c3c4c(Oc5ccccc5)cc5c6c(cc(Oc7ccccc7)c(c7c(Oc8ccccc8)cc(c2c37)C1=S)c64)C(=S)N(c1c(C(C)C)cccc1C(C)C)C5=S. The standard InChI is InChI=1S/C72H58N2O5S3/c1-39(2)47-31-21-32-48(40(3)4)67(47)73-69(75)51-35-55(76-43-23-13-9-14-24-43)61-63-57(78-45-27-17-11-18-28-45)37-53-60-54(72(82)74(71(53)81)68-49(41(5)6)33-22-34-50(68)42(7)8)38-58(79-46-29-19-12-20-30-46)64(66(60)63)62-56(77-44-25-15-10-16-26-44)36-52(70(73)80)59(51)65(61)62/h9-42H,1-8H3. The van der Waals surface area contributed by atoms with E-state index in [2.05, 4.69) is 109 Å². The van der Waals surface area contributed by atoms with E-state index in [1.807, 2.05) is 133 Å². The van der Waals surface area contributed by atoms with E-state index >= 15 is 4.79 Å². The van der Waals surface area contributed by atoms with E-state index in [0.29, 0.717) is 104 Å². The van der Waals surface area contributed by atoms with Crippen LogP contribution in [0, 0.1) is 0 Å². The first kappa shape index (κ1) is 52.8. The Morgan fingerprint density at radius 2 is 0.561 bits per heavy atom. The quantitative estimate of drug-likeness (QED) is 0.0602. The number of ether oxygens (including phenoxy) is 4. The van der Waals surface area contributed by atoms with E-state index in [0.717, 1.165) is 55.5 Å². The Morgan fingerprint density at radius 1 is 0.305 bits per heavy atom. The summed E-state index contributed by atoms with van der Waals surface area (Å²) in [5, 5.41) is 5.67. The first-order valence-electron chi connectivity index (χ1n) is 28.0. The van der Waals surface area contributed by atoms with Gasteiger partial charge in [0.1, 0.15) is 61.0 Å². The zero-order chi connectivity index (χ0) is 56.8. The molecule has 2 aliphatic heterocycles. The monoisotopic (exact) mass is 1130 g/mol. The van der Waals surface area contributed by atoms with Crippen molar-refractivity contribution < 1.29 is 23.7 Å². The lowest BCUT2D eigenvalue weighted by Gasteiger charge is -2.37. The lowest BCUT2D eigenvalue weighted by Crippen LogP contribution is -2.41. The number of para-hydroxylation sites is 6. The van der Waals surface area contributed by atoms with Crippen LogP contribution in [-0.2, 0) is 0 Å². The summed E-state index contributed by atoms with van der Waals surface area (Å²) >= 11 is 20.5. The van der Waals surface area contributed by atoms with Gasteiger partial charge < -0.3 is 18.9 Å². The number of hydrogen-bond donors (Lipinski definition) is 0. The van der Waals surface area contributed by atoms with Crippen molar-refractivity contribution in [2.24, 2.45) is 0 Å². The van der Waals surface area contributed by atoms with E-state index in [9.17, 15) is 0 Å². The minimum absolute atomic E-state index is 0.0646. The van der Waals surface area contributed by atoms with Gasteiger partial charge in [-0.2, -0.15) is 0 Å². The van der Waals surface area contributed by atoms with Crippen molar-refractivity contribution in [1.29, 1.82) is 0 Å². The van der Waals surface area contributed by atoms with Crippen LogP contribution < -0.4 is 28.7 Å². The van der Waals surface area contributed by atoms with Crippen molar-refractivity contribution >= 4 is 112 Å². The third-order valence-electron chi connectivity index (χ3n) is 15.9. The Morgan fingerprint density at radius 3 is 0.854 bits per heavy atom. The summed E-state index contributed by atoms with van der Waals surface area (Å²) < 4.78 is 29.3. The van der Waals surface area contributed by atoms with Crippen LogP contribution in [0.5, 0.6) is 46.0 Å². The van der Waals surface area contributed by atoms with Gasteiger partial charge in [-0.1, -0.05) is 201 Å². The van der Waals surface area contributed by atoms with Crippen molar-refractivity contribution in [3.63, 3.8) is 0 Å². The summed E-state index contributed by atoms with van der Waals surface area (Å²) in [5.41, 5.74) is 8.64. The minimum Gasteiger partial charge on any atom is -0.457 e. The molecular weight excluding hydrogens is 1070 g/mol. The van der Waals surface area contributed by atoms with Crippen LogP contribution in [0.4, 0.5) is 11.4 Å². The molecule has 11 aromatic carbocycles. The van der Waals surface area contributed by atoms with Crippen LogP contribution in [-0.4, -0.2) is 20.9 Å². The van der Waals surface area contributed by atoms with Crippen molar-refractivity contribution in [2.45, 2.75) is 79.1 Å². The third-order valence-corrected chi connectivity index (χ3v) is 17.1. The molecular formula is C72H58N2O5S3. The molecule has 0 fully saturated rings. The summed E-state index contributed by atoms with van der Waals surface area (Å²) in [5.74, 6) is 4.44. The minimum atomic E-state index is -0.268. The number of anilines is 2. The Labute approximate surface area is 494 Å². The highest BCUT2D eigenvalue weighted by Gasteiger charge is 2.42. The summed E-state index contributed by atoms with van der Waals surface area (Å²) in [6, 6.07) is 59.8. The number of thiocarbonyl (C=S) groups is 3. The molecule has 0 aromatic heterocycles.